The number of hydrogen-bond donors (Lipinski definition) is 1. The Kier molecular flexibility index (Phi) is 12.4. The first-order valence-electron chi connectivity index (χ1n) is 18.6. The summed E-state index contributed by atoms with van der Waals surface area (Å²) in [6.45, 7) is 17.1. The normalized spacial score (nSPS) is 27.5. The van der Waals surface area contributed by atoms with Gasteiger partial charge in [0.15, 0.2) is 0 Å². The Morgan fingerprint density at radius 2 is 1.73 bits per heavy atom. The monoisotopic (exact) mass is 716 g/mol. The summed E-state index contributed by atoms with van der Waals surface area (Å²) in [5.74, 6) is -1.84. The van der Waals surface area contributed by atoms with Crippen LogP contribution >= 0.6 is 0 Å². The molecule has 6 atom stereocenters. The van der Waals surface area contributed by atoms with Crippen molar-refractivity contribution in [1.29, 1.82) is 0 Å². The molecule has 52 heavy (non-hydrogen) atoms. The molecule has 2 aromatic heterocycles. The van der Waals surface area contributed by atoms with Crippen LogP contribution in [0.25, 0.3) is 28.4 Å². The molecular weight excluding hydrogens is 665 g/mol. The molecule has 0 spiro atoms. The van der Waals surface area contributed by atoms with Crippen molar-refractivity contribution in [1.82, 2.24) is 9.97 Å². The van der Waals surface area contributed by atoms with Crippen LogP contribution in [-0.2, 0) is 25.5 Å². The Morgan fingerprint density at radius 3 is 2.40 bits per heavy atom. The van der Waals surface area contributed by atoms with Gasteiger partial charge in [-0.25, -0.2) is 0 Å². The van der Waals surface area contributed by atoms with Gasteiger partial charge < -0.3 is 35.2 Å². The van der Waals surface area contributed by atoms with Gasteiger partial charge in [0.1, 0.15) is 12.5 Å². The minimum atomic E-state index is -1.14. The van der Waals surface area contributed by atoms with Gasteiger partial charge in [0.2, 0.25) is 0 Å². The van der Waals surface area contributed by atoms with E-state index in [1.54, 1.807) is 0 Å². The first-order chi connectivity index (χ1) is 24.4. The van der Waals surface area contributed by atoms with E-state index in [1.807, 2.05) is 19.1 Å². The molecule has 4 aliphatic rings. The van der Waals surface area contributed by atoms with Gasteiger partial charge in [-0.2, -0.15) is 11.4 Å². The zero-order valence-corrected chi connectivity index (χ0v) is 33.7. The average molecular weight is 717 g/mol. The van der Waals surface area contributed by atoms with Crippen LogP contribution in [0.1, 0.15) is 113 Å². The van der Waals surface area contributed by atoms with Crippen molar-refractivity contribution >= 4 is 52.7 Å². The van der Waals surface area contributed by atoms with Crippen molar-refractivity contribution in [3.63, 3.8) is 0 Å². The molecule has 3 aliphatic heterocycles. The minimum absolute atomic E-state index is 0. The molecule has 9 nitrogen and oxygen atoms in total. The van der Waals surface area contributed by atoms with Crippen LogP contribution in [-0.4, -0.2) is 59.9 Å². The number of nitrogens with zero attached hydrogens (tertiary/aromatic N) is 4. The molecule has 0 aromatic carbocycles. The summed E-state index contributed by atoms with van der Waals surface area (Å²) in [5.41, 5.74) is 11.2. The number of carbonyl (C=O) groups excluding carboxylic acids is 2. The summed E-state index contributed by atoms with van der Waals surface area (Å²) in [5, 5.41) is 23.7. The Labute approximate surface area is 324 Å². The van der Waals surface area contributed by atoms with Gasteiger partial charge in [-0.05, 0) is 82.8 Å². The smallest absolute Gasteiger partial charge is 0.681 e. The number of ether oxygens (including phenoxy) is 2. The van der Waals surface area contributed by atoms with Gasteiger partial charge in [0.25, 0.3) is 0 Å². The molecule has 274 valence electrons. The van der Waals surface area contributed by atoms with Crippen LogP contribution in [0, 0.1) is 37.5 Å². The molecule has 1 unspecified atom stereocenters. The first kappa shape index (κ1) is 39.7. The second kappa shape index (κ2) is 16.3. The molecule has 0 radical (unpaired) electrons. The summed E-state index contributed by atoms with van der Waals surface area (Å²) in [4.78, 5) is 36.8. The van der Waals surface area contributed by atoms with E-state index in [4.69, 9.17) is 30.1 Å². The van der Waals surface area contributed by atoms with Gasteiger partial charge in [0.05, 0.1) is 13.2 Å². The van der Waals surface area contributed by atoms with Crippen molar-refractivity contribution in [3.8, 4) is 0 Å². The van der Waals surface area contributed by atoms with Crippen molar-refractivity contribution in [3.05, 3.63) is 95.4 Å². The molecule has 10 heteroatoms. The van der Waals surface area contributed by atoms with Crippen LogP contribution in [0.3, 0.4) is 0 Å². The largest absolute Gasteiger partial charge is 2.00 e. The number of aliphatic hydroxyl groups excluding tert-OH is 1. The van der Waals surface area contributed by atoms with E-state index in [1.165, 1.54) is 18.3 Å². The van der Waals surface area contributed by atoms with E-state index in [0.29, 0.717) is 28.3 Å². The van der Waals surface area contributed by atoms with E-state index in [9.17, 15) is 14.7 Å². The molecule has 1 fully saturated rings. The second-order valence-electron chi connectivity index (χ2n) is 14.6. The van der Waals surface area contributed by atoms with Gasteiger partial charge in [-0.15, -0.1) is 27.8 Å². The maximum atomic E-state index is 13.5. The van der Waals surface area contributed by atoms with E-state index in [-0.39, 0.29) is 59.8 Å². The standard InChI is InChI=1S/C42H52N4O5.Mg/c1-10-13-21(4)16-17-51-35(47)15-14-28-24(7)31-18-29-22(5)26(11-2)33(43-29)19-30-23(6)27(12-3)34(44-30)20-32-25(8)36-40(46-32)37(39(28)45-31)38(41(36)48)42(49)50-9;/h16,18-20,24,26,28,38-39,41,48H,10-15,17H2,1-9H3;/q-4;+2/b21-16+,31-18-,32-20-,33-19-;/t24-,26-,28-,38+,39?,41-;/m0./s1. The molecule has 0 amide bonds. The number of methoxy groups -OCH3 is 1. The maximum Gasteiger partial charge on any atom is 2.00 e. The number of aromatic nitrogens is 2. The van der Waals surface area contributed by atoms with Crippen molar-refractivity contribution in [2.45, 2.75) is 106 Å². The van der Waals surface area contributed by atoms with E-state index < -0.39 is 24.0 Å². The fourth-order valence-electron chi connectivity index (χ4n) is 8.61. The Bertz CT molecular complexity index is 1980. The number of aliphatic hydroxyl groups is 1. The zero-order chi connectivity index (χ0) is 36.7. The summed E-state index contributed by atoms with van der Waals surface area (Å²) < 4.78 is 10.9. The van der Waals surface area contributed by atoms with Crippen molar-refractivity contribution in [2.24, 2.45) is 23.7 Å². The van der Waals surface area contributed by atoms with Gasteiger partial charge in [0, 0.05) is 6.42 Å². The first-order valence-corrected chi connectivity index (χ1v) is 18.6. The fraction of sp³-hybridized carbons (Fsp3) is 0.524. The minimum Gasteiger partial charge on any atom is -0.681 e. The predicted molar refractivity (Wildman–Crippen MR) is 205 cm³/mol. The number of esters is 2. The number of rotatable bonds is 10. The second-order valence-corrected chi connectivity index (χ2v) is 14.6. The van der Waals surface area contributed by atoms with Gasteiger partial charge in [-0.3, -0.25) is 9.59 Å². The summed E-state index contributed by atoms with van der Waals surface area (Å²) in [6, 6.07) is -0.516. The molecule has 2 aromatic rings. The zero-order valence-electron chi connectivity index (χ0n) is 32.3. The molecular formula is C42H52MgN4O5-2. The van der Waals surface area contributed by atoms with Crippen molar-refractivity contribution < 1.29 is 24.2 Å². The number of fused-ring (bicyclic) bond motifs is 8. The van der Waals surface area contributed by atoms with Crippen LogP contribution < -0.4 is 20.7 Å². The predicted octanol–water partition coefficient (Wildman–Crippen LogP) is 6.22. The Morgan fingerprint density at radius 1 is 0.981 bits per heavy atom. The average Bonchev–Trinajstić information content (AvgIpc) is 3.84. The SMILES string of the molecule is CCC/C(C)=C/COC(=O)CC[C@@H]1C2[N-]/C(=C\C3=C(C)[C@H](CC)/C(=C/c4[n-]c(c(CC)c4C)/C=c4\[n-]c5c(c4C)[C@H](O)[C@H](C(=O)OC)C=52)[N-]3)[C@H]1C.[Mg+2]. The topological polar surface area (TPSA) is 129 Å². The third-order valence-electron chi connectivity index (χ3n) is 11.6. The molecule has 8 bridgehead atoms. The molecule has 1 N–H and O–H groups in total. The van der Waals surface area contributed by atoms with Gasteiger partial charge >= 0.3 is 35.0 Å². The Balaban J connectivity index is 0.00000523. The molecule has 6 rings (SSSR count). The molecule has 5 heterocycles. The third kappa shape index (κ3) is 7.10. The van der Waals surface area contributed by atoms with Crippen LogP contribution in [0.5, 0.6) is 0 Å². The molecule has 1 aliphatic carbocycles. The summed E-state index contributed by atoms with van der Waals surface area (Å²) >= 11 is 0. The molecule has 0 saturated carbocycles. The van der Waals surface area contributed by atoms with Crippen LogP contribution in [0.4, 0.5) is 0 Å². The van der Waals surface area contributed by atoms with E-state index >= 15 is 0 Å². The summed E-state index contributed by atoms with van der Waals surface area (Å²) in [6.07, 6.45) is 11.5. The Hall–Kier alpha value is -3.47. The molecule has 1 saturated heterocycles. The van der Waals surface area contributed by atoms with Crippen molar-refractivity contribution in [2.75, 3.05) is 13.7 Å². The number of carbonyl (C=O) groups is 2. The quantitative estimate of drug-likeness (QED) is 0.176. The van der Waals surface area contributed by atoms with Crippen LogP contribution in [0.15, 0.2) is 40.4 Å². The number of allylic oxidation sites excluding steroid dienone is 4. The third-order valence-corrected chi connectivity index (χ3v) is 11.6. The fourth-order valence-corrected chi connectivity index (χ4v) is 8.61. The van der Waals surface area contributed by atoms with E-state index in [2.05, 4.69) is 60.6 Å². The van der Waals surface area contributed by atoms with Gasteiger partial charge in [-0.1, -0.05) is 91.8 Å². The number of hydrogen-bond acceptors (Lipinski definition) is 5. The summed E-state index contributed by atoms with van der Waals surface area (Å²) in [7, 11) is 1.34. The van der Waals surface area contributed by atoms with E-state index in [0.717, 1.165) is 70.9 Å². The van der Waals surface area contributed by atoms with Crippen LogP contribution in [0.2, 0.25) is 0 Å². The maximum absolute atomic E-state index is 13.5.